The van der Waals surface area contributed by atoms with Crippen LogP contribution in [-0.2, 0) is 6.42 Å². The molecule has 0 aromatic carbocycles. The average Bonchev–Trinajstić information content (AvgIpc) is 2.17. The van der Waals surface area contributed by atoms with Crippen LogP contribution in [-0.4, -0.2) is 14.9 Å². The van der Waals surface area contributed by atoms with Crippen LogP contribution in [0, 0.1) is 13.8 Å². The highest BCUT2D eigenvalue weighted by Gasteiger charge is 2.06. The van der Waals surface area contributed by atoms with Crippen LogP contribution in [0.2, 0.25) is 0 Å². The summed E-state index contributed by atoms with van der Waals surface area (Å²) >= 11 is 0. The van der Waals surface area contributed by atoms with Crippen LogP contribution in [0.5, 0.6) is 0 Å². The zero-order valence-electron chi connectivity index (χ0n) is 6.55. The molecule has 1 N–H and O–H groups in total. The van der Waals surface area contributed by atoms with Gasteiger partial charge in [0.15, 0.2) is 0 Å². The lowest BCUT2D eigenvalue weighted by Gasteiger charge is -1.96. The van der Waals surface area contributed by atoms with Crippen molar-refractivity contribution in [1.82, 2.24) is 9.71 Å². The average molecular weight is 140 g/mol. The van der Waals surface area contributed by atoms with Crippen molar-refractivity contribution in [2.45, 2.75) is 27.2 Å². The molecule has 0 bridgehead atoms. The van der Waals surface area contributed by atoms with E-state index in [2.05, 4.69) is 4.98 Å². The van der Waals surface area contributed by atoms with Gasteiger partial charge < -0.3 is 5.21 Å². The molecule has 56 valence electrons. The van der Waals surface area contributed by atoms with E-state index in [0.29, 0.717) is 0 Å². The molecule has 1 aromatic heterocycles. The molecule has 1 aromatic rings. The van der Waals surface area contributed by atoms with Crippen LogP contribution in [0.1, 0.15) is 24.1 Å². The highest BCUT2D eigenvalue weighted by molar-refractivity contribution is 5.12. The van der Waals surface area contributed by atoms with Crippen molar-refractivity contribution in [2.75, 3.05) is 0 Å². The zero-order chi connectivity index (χ0) is 7.72. The van der Waals surface area contributed by atoms with E-state index in [4.69, 9.17) is 0 Å². The smallest absolute Gasteiger partial charge is 0.144 e. The van der Waals surface area contributed by atoms with E-state index in [1.165, 1.54) is 0 Å². The van der Waals surface area contributed by atoms with Crippen molar-refractivity contribution < 1.29 is 5.21 Å². The maximum absolute atomic E-state index is 9.27. The second-order valence-electron chi connectivity index (χ2n) is 2.36. The summed E-state index contributed by atoms with van der Waals surface area (Å²) in [6.45, 7) is 5.70. The first-order valence-electron chi connectivity index (χ1n) is 3.41. The fraction of sp³-hybridized carbons (Fsp3) is 0.571. The highest BCUT2D eigenvalue weighted by atomic mass is 16.5. The second-order valence-corrected chi connectivity index (χ2v) is 2.36. The molecule has 0 aliphatic heterocycles. The Labute approximate surface area is 60.3 Å². The summed E-state index contributed by atoms with van der Waals surface area (Å²) < 4.78 is 1.15. The SMILES string of the molecule is CCc1nc(C)c(C)n1O. The summed E-state index contributed by atoms with van der Waals surface area (Å²) in [5.74, 6) is 0.731. The Morgan fingerprint density at radius 2 is 2.10 bits per heavy atom. The van der Waals surface area contributed by atoms with E-state index >= 15 is 0 Å². The number of hydrogen-bond donors (Lipinski definition) is 1. The van der Waals surface area contributed by atoms with Gasteiger partial charge >= 0.3 is 0 Å². The number of rotatable bonds is 1. The molecule has 3 nitrogen and oxygen atoms in total. The lowest BCUT2D eigenvalue weighted by molar-refractivity contribution is 0.170. The molecule has 0 fully saturated rings. The van der Waals surface area contributed by atoms with Crippen LogP contribution in [0.3, 0.4) is 0 Å². The third kappa shape index (κ3) is 0.875. The maximum Gasteiger partial charge on any atom is 0.144 e. The first-order valence-corrected chi connectivity index (χ1v) is 3.41. The molecule has 0 atom stereocenters. The number of hydrogen-bond acceptors (Lipinski definition) is 2. The summed E-state index contributed by atoms with van der Waals surface area (Å²) in [5.41, 5.74) is 1.73. The zero-order valence-corrected chi connectivity index (χ0v) is 6.55. The molecule has 0 amide bonds. The third-order valence-electron chi connectivity index (χ3n) is 1.70. The molecule has 1 rings (SSSR count). The summed E-state index contributed by atoms with van der Waals surface area (Å²) in [4.78, 5) is 4.14. The van der Waals surface area contributed by atoms with E-state index in [-0.39, 0.29) is 0 Å². The topological polar surface area (TPSA) is 38.0 Å². The fourth-order valence-electron chi connectivity index (χ4n) is 0.898. The standard InChI is InChI=1S/C7H12N2O/c1-4-7-8-5(2)6(3)9(7)10/h10H,4H2,1-3H3. The largest absolute Gasteiger partial charge is 0.427 e. The normalized spacial score (nSPS) is 10.3. The van der Waals surface area contributed by atoms with Gasteiger partial charge in [0, 0.05) is 6.42 Å². The van der Waals surface area contributed by atoms with Gasteiger partial charge in [-0.15, -0.1) is 0 Å². The van der Waals surface area contributed by atoms with Crippen molar-refractivity contribution in [3.63, 3.8) is 0 Å². The van der Waals surface area contributed by atoms with Gasteiger partial charge in [0.05, 0.1) is 11.4 Å². The summed E-state index contributed by atoms with van der Waals surface area (Å²) in [5, 5.41) is 9.27. The molecule has 0 saturated heterocycles. The van der Waals surface area contributed by atoms with Crippen LogP contribution < -0.4 is 0 Å². The Hall–Kier alpha value is -0.990. The van der Waals surface area contributed by atoms with Crippen molar-refractivity contribution in [2.24, 2.45) is 0 Å². The lowest BCUT2D eigenvalue weighted by Crippen LogP contribution is -1.98. The third-order valence-corrected chi connectivity index (χ3v) is 1.70. The lowest BCUT2D eigenvalue weighted by atomic mass is 10.4. The van der Waals surface area contributed by atoms with Crippen molar-refractivity contribution in [3.8, 4) is 0 Å². The van der Waals surface area contributed by atoms with Crippen LogP contribution in [0.25, 0.3) is 0 Å². The molecular formula is C7H12N2O. The van der Waals surface area contributed by atoms with E-state index < -0.39 is 0 Å². The van der Waals surface area contributed by atoms with Gasteiger partial charge in [-0.05, 0) is 13.8 Å². The summed E-state index contributed by atoms with van der Waals surface area (Å²) in [7, 11) is 0. The maximum atomic E-state index is 9.27. The van der Waals surface area contributed by atoms with Crippen molar-refractivity contribution in [3.05, 3.63) is 17.2 Å². The molecule has 0 radical (unpaired) electrons. The van der Waals surface area contributed by atoms with E-state index in [9.17, 15) is 5.21 Å². The monoisotopic (exact) mass is 140 g/mol. The quantitative estimate of drug-likeness (QED) is 0.597. The minimum Gasteiger partial charge on any atom is -0.427 e. The number of aromatic nitrogens is 2. The van der Waals surface area contributed by atoms with E-state index in [0.717, 1.165) is 28.4 Å². The molecule has 0 aliphatic carbocycles. The predicted molar refractivity (Wildman–Crippen MR) is 38.3 cm³/mol. The van der Waals surface area contributed by atoms with Crippen LogP contribution in [0.15, 0.2) is 0 Å². The van der Waals surface area contributed by atoms with Crippen molar-refractivity contribution in [1.29, 1.82) is 0 Å². The first kappa shape index (κ1) is 7.12. The van der Waals surface area contributed by atoms with E-state index in [1.807, 2.05) is 20.8 Å². The minimum atomic E-state index is 0.731. The van der Waals surface area contributed by atoms with Gasteiger partial charge in [-0.1, -0.05) is 6.92 Å². The molecule has 0 unspecified atom stereocenters. The first-order chi connectivity index (χ1) is 4.66. The number of nitrogens with zero attached hydrogens (tertiary/aromatic N) is 2. The second kappa shape index (κ2) is 2.33. The van der Waals surface area contributed by atoms with Gasteiger partial charge in [0.1, 0.15) is 5.82 Å². The van der Waals surface area contributed by atoms with Crippen LogP contribution >= 0.6 is 0 Å². The summed E-state index contributed by atoms with van der Waals surface area (Å²) in [6, 6.07) is 0. The molecule has 0 aliphatic rings. The molecule has 10 heavy (non-hydrogen) atoms. The Morgan fingerprint density at radius 1 is 1.50 bits per heavy atom. The van der Waals surface area contributed by atoms with Gasteiger partial charge in [0.25, 0.3) is 0 Å². The van der Waals surface area contributed by atoms with Gasteiger partial charge in [0.2, 0.25) is 0 Å². The molecule has 1 heterocycles. The molecular weight excluding hydrogens is 128 g/mol. The van der Waals surface area contributed by atoms with Gasteiger partial charge in [-0.2, -0.15) is 4.73 Å². The summed E-state index contributed by atoms with van der Waals surface area (Å²) in [6.07, 6.45) is 0.769. The molecule has 3 heteroatoms. The van der Waals surface area contributed by atoms with Crippen LogP contribution in [0.4, 0.5) is 0 Å². The predicted octanol–water partition coefficient (Wildman–Crippen LogP) is 1.30. The van der Waals surface area contributed by atoms with Crippen molar-refractivity contribution >= 4 is 0 Å². The number of aryl methyl sites for hydroxylation is 2. The van der Waals surface area contributed by atoms with E-state index in [1.54, 1.807) is 0 Å². The Balaban J connectivity index is 3.17. The Bertz CT molecular complexity index is 240. The Morgan fingerprint density at radius 3 is 2.30 bits per heavy atom. The highest BCUT2D eigenvalue weighted by Crippen LogP contribution is 2.06. The number of imidazole rings is 1. The molecule has 0 spiro atoms. The Kier molecular flexibility index (Phi) is 1.66. The van der Waals surface area contributed by atoms with Gasteiger partial charge in [-0.25, -0.2) is 4.98 Å². The fourth-order valence-corrected chi connectivity index (χ4v) is 0.898. The minimum absolute atomic E-state index is 0.731. The molecule has 0 saturated carbocycles. The van der Waals surface area contributed by atoms with Gasteiger partial charge in [-0.3, -0.25) is 0 Å².